The Bertz CT molecular complexity index is 879. The maximum atomic E-state index is 12.2. The molecule has 0 fully saturated rings. The van der Waals surface area contributed by atoms with Crippen LogP contribution in [0.1, 0.15) is 11.1 Å². The Kier molecular flexibility index (Phi) is 7.20. The zero-order valence-electron chi connectivity index (χ0n) is 15.6. The summed E-state index contributed by atoms with van der Waals surface area (Å²) in [5, 5.41) is 2.69. The van der Waals surface area contributed by atoms with Gasteiger partial charge in [-0.2, -0.15) is 0 Å². The molecule has 0 aromatic heterocycles. The molecule has 7 nitrogen and oxygen atoms in total. The largest absolute Gasteiger partial charge is 0.493 e. The van der Waals surface area contributed by atoms with E-state index in [1.54, 1.807) is 49.6 Å². The van der Waals surface area contributed by atoms with E-state index in [1.807, 2.05) is 6.92 Å². The summed E-state index contributed by atoms with van der Waals surface area (Å²) in [6.45, 7) is 2.18. The van der Waals surface area contributed by atoms with Gasteiger partial charge in [0.2, 0.25) is 15.9 Å². The molecule has 0 aliphatic carbocycles. The number of nitrogens with one attached hydrogen (secondary N) is 2. The predicted octanol–water partition coefficient (Wildman–Crippen LogP) is 1.65. The summed E-state index contributed by atoms with van der Waals surface area (Å²) in [6, 6.07) is 11.8. The lowest BCUT2D eigenvalue weighted by molar-refractivity contribution is -0.120. The first-order chi connectivity index (χ1) is 12.9. The molecule has 8 heteroatoms. The average molecular weight is 392 g/mol. The van der Waals surface area contributed by atoms with E-state index in [2.05, 4.69) is 10.0 Å². The molecule has 0 radical (unpaired) electrons. The second kappa shape index (κ2) is 9.38. The highest BCUT2D eigenvalue weighted by Crippen LogP contribution is 2.27. The molecule has 2 aromatic carbocycles. The molecule has 2 N–H and O–H groups in total. The molecule has 0 saturated carbocycles. The van der Waals surface area contributed by atoms with E-state index < -0.39 is 10.0 Å². The normalized spacial score (nSPS) is 11.1. The monoisotopic (exact) mass is 392 g/mol. The third kappa shape index (κ3) is 5.97. The number of amides is 1. The maximum Gasteiger partial charge on any atom is 0.240 e. The van der Waals surface area contributed by atoms with Gasteiger partial charge in [-0.3, -0.25) is 4.79 Å². The fraction of sp³-hybridized carbons (Fsp3) is 0.316. The van der Waals surface area contributed by atoms with Gasteiger partial charge in [0.05, 0.1) is 25.5 Å². The van der Waals surface area contributed by atoms with Crippen molar-refractivity contribution in [1.29, 1.82) is 0 Å². The van der Waals surface area contributed by atoms with Gasteiger partial charge >= 0.3 is 0 Å². The van der Waals surface area contributed by atoms with E-state index in [4.69, 9.17) is 9.47 Å². The maximum absolute atomic E-state index is 12.2. The molecule has 0 heterocycles. The van der Waals surface area contributed by atoms with Crippen LogP contribution in [0.15, 0.2) is 47.4 Å². The van der Waals surface area contributed by atoms with Gasteiger partial charge in [0.25, 0.3) is 0 Å². The number of benzene rings is 2. The average Bonchev–Trinajstić information content (AvgIpc) is 2.65. The number of carbonyl (C=O) groups is 1. The van der Waals surface area contributed by atoms with Crippen molar-refractivity contribution >= 4 is 15.9 Å². The third-order valence-electron chi connectivity index (χ3n) is 3.88. The van der Waals surface area contributed by atoms with Crippen LogP contribution >= 0.6 is 0 Å². The number of rotatable bonds is 9. The van der Waals surface area contributed by atoms with E-state index >= 15 is 0 Å². The Morgan fingerprint density at radius 2 is 1.63 bits per heavy atom. The number of hydrogen-bond donors (Lipinski definition) is 2. The van der Waals surface area contributed by atoms with E-state index in [0.29, 0.717) is 11.5 Å². The molecule has 0 unspecified atom stereocenters. The summed E-state index contributed by atoms with van der Waals surface area (Å²) in [4.78, 5) is 12.2. The van der Waals surface area contributed by atoms with Gasteiger partial charge in [-0.25, -0.2) is 13.1 Å². The number of carbonyl (C=O) groups excluding carboxylic acids is 1. The van der Waals surface area contributed by atoms with Crippen molar-refractivity contribution in [3.8, 4) is 11.5 Å². The van der Waals surface area contributed by atoms with Crippen molar-refractivity contribution in [2.24, 2.45) is 0 Å². The topological polar surface area (TPSA) is 93.7 Å². The van der Waals surface area contributed by atoms with Crippen molar-refractivity contribution in [3.63, 3.8) is 0 Å². The molecule has 0 atom stereocenters. The lowest BCUT2D eigenvalue weighted by Crippen LogP contribution is -2.35. The smallest absolute Gasteiger partial charge is 0.240 e. The fourth-order valence-corrected chi connectivity index (χ4v) is 3.46. The van der Waals surface area contributed by atoms with Crippen LogP contribution in [-0.4, -0.2) is 41.6 Å². The Balaban J connectivity index is 1.81. The number of ether oxygens (including phenoxy) is 2. The van der Waals surface area contributed by atoms with Crippen molar-refractivity contribution in [2.75, 3.05) is 27.3 Å². The minimum Gasteiger partial charge on any atom is -0.493 e. The Labute approximate surface area is 159 Å². The summed E-state index contributed by atoms with van der Waals surface area (Å²) in [5.74, 6) is 0.928. The SMILES string of the molecule is COc1ccc(CC(=O)NCCNS(=O)(=O)c2ccc(C)cc2)cc1OC. The van der Waals surface area contributed by atoms with E-state index in [0.717, 1.165) is 11.1 Å². The molecule has 2 rings (SSSR count). The van der Waals surface area contributed by atoms with Crippen molar-refractivity contribution in [2.45, 2.75) is 18.2 Å². The summed E-state index contributed by atoms with van der Waals surface area (Å²) in [5.41, 5.74) is 1.75. The predicted molar refractivity (Wildman–Crippen MR) is 103 cm³/mol. The van der Waals surface area contributed by atoms with Crippen LogP contribution in [0.5, 0.6) is 11.5 Å². The fourth-order valence-electron chi connectivity index (χ4n) is 2.43. The standard InChI is InChI=1S/C19H24N2O5S/c1-14-4-7-16(8-5-14)27(23,24)21-11-10-20-19(22)13-15-6-9-17(25-2)18(12-15)26-3/h4-9,12,21H,10-11,13H2,1-3H3,(H,20,22). The second-order valence-corrected chi connectivity index (χ2v) is 7.69. The molecular formula is C19H24N2O5S. The Morgan fingerprint density at radius 1 is 0.963 bits per heavy atom. The van der Waals surface area contributed by atoms with Gasteiger partial charge in [0, 0.05) is 13.1 Å². The molecule has 146 valence electrons. The van der Waals surface area contributed by atoms with Gasteiger partial charge in [0.1, 0.15) is 0 Å². The number of sulfonamides is 1. The van der Waals surface area contributed by atoms with Gasteiger partial charge in [-0.1, -0.05) is 23.8 Å². The van der Waals surface area contributed by atoms with E-state index in [-0.39, 0.29) is 30.3 Å². The Morgan fingerprint density at radius 3 is 2.26 bits per heavy atom. The summed E-state index contributed by atoms with van der Waals surface area (Å²) in [7, 11) is -0.509. The van der Waals surface area contributed by atoms with Gasteiger partial charge < -0.3 is 14.8 Å². The van der Waals surface area contributed by atoms with E-state index in [1.165, 1.54) is 7.11 Å². The second-order valence-electron chi connectivity index (χ2n) is 5.93. The van der Waals surface area contributed by atoms with Gasteiger partial charge in [-0.05, 0) is 36.8 Å². The molecule has 0 aliphatic heterocycles. The summed E-state index contributed by atoms with van der Waals surface area (Å²) in [6.07, 6.45) is 0.158. The van der Waals surface area contributed by atoms with Crippen LogP contribution < -0.4 is 19.5 Å². The van der Waals surface area contributed by atoms with Crippen molar-refractivity contribution < 1.29 is 22.7 Å². The highest BCUT2D eigenvalue weighted by atomic mass is 32.2. The number of hydrogen-bond acceptors (Lipinski definition) is 5. The molecule has 0 bridgehead atoms. The minimum atomic E-state index is -3.58. The molecule has 0 saturated heterocycles. The number of aryl methyl sites for hydroxylation is 1. The van der Waals surface area contributed by atoms with Crippen LogP contribution in [0.3, 0.4) is 0 Å². The third-order valence-corrected chi connectivity index (χ3v) is 5.36. The molecule has 0 spiro atoms. The minimum absolute atomic E-state index is 0.105. The lowest BCUT2D eigenvalue weighted by Gasteiger charge is -2.10. The highest BCUT2D eigenvalue weighted by molar-refractivity contribution is 7.89. The first-order valence-corrected chi connectivity index (χ1v) is 9.88. The quantitative estimate of drug-likeness (QED) is 0.633. The number of methoxy groups -OCH3 is 2. The van der Waals surface area contributed by atoms with Crippen molar-refractivity contribution in [3.05, 3.63) is 53.6 Å². The molecule has 27 heavy (non-hydrogen) atoms. The van der Waals surface area contributed by atoms with Crippen LogP contribution in [0.2, 0.25) is 0 Å². The molecule has 2 aromatic rings. The summed E-state index contributed by atoms with van der Waals surface area (Å²) >= 11 is 0. The Hall–Kier alpha value is -2.58. The van der Waals surface area contributed by atoms with Crippen LogP contribution in [0.4, 0.5) is 0 Å². The zero-order valence-corrected chi connectivity index (χ0v) is 16.4. The summed E-state index contributed by atoms with van der Waals surface area (Å²) < 4.78 is 37.2. The highest BCUT2D eigenvalue weighted by Gasteiger charge is 2.13. The molecule has 1 amide bonds. The molecule has 0 aliphatic rings. The molecular weight excluding hydrogens is 368 g/mol. The van der Waals surface area contributed by atoms with E-state index in [9.17, 15) is 13.2 Å². The first kappa shape index (κ1) is 20.7. The van der Waals surface area contributed by atoms with Crippen LogP contribution in [0, 0.1) is 6.92 Å². The van der Waals surface area contributed by atoms with Crippen LogP contribution in [0.25, 0.3) is 0 Å². The van der Waals surface area contributed by atoms with Crippen molar-refractivity contribution in [1.82, 2.24) is 10.0 Å². The zero-order chi connectivity index (χ0) is 19.9. The van der Waals surface area contributed by atoms with Crippen LogP contribution in [-0.2, 0) is 21.2 Å². The first-order valence-electron chi connectivity index (χ1n) is 8.39. The lowest BCUT2D eigenvalue weighted by atomic mass is 10.1. The van der Waals surface area contributed by atoms with Gasteiger partial charge in [0.15, 0.2) is 11.5 Å². The van der Waals surface area contributed by atoms with Gasteiger partial charge in [-0.15, -0.1) is 0 Å².